The first-order chi connectivity index (χ1) is 17.5. The number of halogens is 1. The predicted molar refractivity (Wildman–Crippen MR) is 137 cm³/mol. The van der Waals surface area contributed by atoms with E-state index in [0.717, 1.165) is 5.56 Å². The number of carbonyl (C=O) groups is 4. The molecule has 2 unspecified atom stereocenters. The molecule has 1 heterocycles. The van der Waals surface area contributed by atoms with E-state index in [2.05, 4.69) is 10.6 Å². The number of anilines is 1. The first-order valence-corrected chi connectivity index (χ1v) is 12.2. The summed E-state index contributed by atoms with van der Waals surface area (Å²) in [6.45, 7) is 5.50. The highest BCUT2D eigenvalue weighted by Gasteiger charge is 2.35. The number of rotatable bonds is 9. The zero-order valence-electron chi connectivity index (χ0n) is 21.7. The van der Waals surface area contributed by atoms with Gasteiger partial charge in [-0.1, -0.05) is 57.2 Å². The van der Waals surface area contributed by atoms with Crippen LogP contribution in [0.25, 0.3) is 0 Å². The monoisotopic (exact) mass is 511 g/mol. The van der Waals surface area contributed by atoms with Crippen molar-refractivity contribution in [2.24, 2.45) is 5.41 Å². The van der Waals surface area contributed by atoms with Crippen LogP contribution in [0.4, 0.5) is 10.1 Å². The molecular weight excluding hydrogens is 477 g/mol. The number of fused-ring (bicyclic) bond motifs is 1. The van der Waals surface area contributed by atoms with Crippen LogP contribution < -0.4 is 15.5 Å². The second-order valence-corrected chi connectivity index (χ2v) is 10.5. The number of nitrogens with one attached hydrogen (secondary N) is 2. The first-order valence-electron chi connectivity index (χ1n) is 12.2. The zero-order chi connectivity index (χ0) is 27.2. The Kier molecular flexibility index (Phi) is 9.02. The molecule has 1 aliphatic rings. The molecule has 3 rings (SSSR count). The van der Waals surface area contributed by atoms with Gasteiger partial charge in [0.2, 0.25) is 17.7 Å². The number of nitrogens with zero attached hydrogens (tertiary/aromatic N) is 1. The summed E-state index contributed by atoms with van der Waals surface area (Å²) in [6.07, 6.45) is 0.466. The smallest absolute Gasteiger partial charge is 0.325 e. The molecule has 0 bridgehead atoms. The number of carbonyl (C=O) groups excluding carboxylic acids is 4. The van der Waals surface area contributed by atoms with E-state index >= 15 is 0 Å². The largest absolute Gasteiger partial charge is 0.468 e. The molecule has 2 N–H and O–H groups in total. The highest BCUT2D eigenvalue weighted by Crippen LogP contribution is 2.28. The Bertz CT molecular complexity index is 1160. The minimum atomic E-state index is -0.897. The Morgan fingerprint density at radius 1 is 1.08 bits per heavy atom. The van der Waals surface area contributed by atoms with E-state index in [1.54, 1.807) is 30.3 Å². The van der Waals surface area contributed by atoms with Gasteiger partial charge in [0.1, 0.15) is 18.4 Å². The maximum absolute atomic E-state index is 14.3. The Morgan fingerprint density at radius 2 is 1.76 bits per heavy atom. The topological polar surface area (TPSA) is 105 Å². The van der Waals surface area contributed by atoms with Crippen molar-refractivity contribution in [3.8, 4) is 0 Å². The van der Waals surface area contributed by atoms with Gasteiger partial charge in [-0.05, 0) is 35.1 Å². The summed E-state index contributed by atoms with van der Waals surface area (Å²) in [5, 5.41) is 5.62. The number of methoxy groups -OCH3 is 1. The van der Waals surface area contributed by atoms with E-state index in [1.165, 1.54) is 18.1 Å². The molecule has 9 heteroatoms. The van der Waals surface area contributed by atoms with Gasteiger partial charge in [-0.15, -0.1) is 0 Å². The van der Waals surface area contributed by atoms with Crippen molar-refractivity contribution in [3.63, 3.8) is 0 Å². The van der Waals surface area contributed by atoms with Crippen molar-refractivity contribution < 1.29 is 28.3 Å². The van der Waals surface area contributed by atoms with Crippen LogP contribution in [0.3, 0.4) is 0 Å². The molecule has 0 saturated carbocycles. The minimum Gasteiger partial charge on any atom is -0.468 e. The van der Waals surface area contributed by atoms with Gasteiger partial charge < -0.3 is 15.4 Å². The van der Waals surface area contributed by atoms with E-state index < -0.39 is 35.7 Å². The van der Waals surface area contributed by atoms with E-state index in [4.69, 9.17) is 4.74 Å². The molecule has 8 nitrogen and oxygen atoms in total. The molecule has 0 aromatic heterocycles. The summed E-state index contributed by atoms with van der Waals surface area (Å²) in [5.74, 6) is -2.14. The fourth-order valence-electron chi connectivity index (χ4n) is 4.37. The number of amides is 3. The number of hydrogen-bond donors (Lipinski definition) is 2. The van der Waals surface area contributed by atoms with Crippen LogP contribution in [0, 0.1) is 11.2 Å². The molecule has 0 spiro atoms. The Labute approximate surface area is 216 Å². The van der Waals surface area contributed by atoms with Crippen LogP contribution in [0.1, 0.15) is 44.7 Å². The fraction of sp³-hybridized carbons (Fsp3) is 0.429. The van der Waals surface area contributed by atoms with Crippen molar-refractivity contribution in [3.05, 3.63) is 65.5 Å². The molecule has 1 aliphatic heterocycles. The number of hydrogen-bond acceptors (Lipinski definition) is 5. The second-order valence-electron chi connectivity index (χ2n) is 10.5. The molecular formula is C28H34FN3O5. The highest BCUT2D eigenvalue weighted by atomic mass is 19.1. The third-order valence-electron chi connectivity index (χ3n) is 6.03. The lowest BCUT2D eigenvalue weighted by atomic mass is 9.91. The number of esters is 1. The summed E-state index contributed by atoms with van der Waals surface area (Å²) < 4.78 is 19.1. The quantitative estimate of drug-likeness (QED) is 0.504. The molecule has 2 aromatic rings. The maximum Gasteiger partial charge on any atom is 0.325 e. The zero-order valence-corrected chi connectivity index (χ0v) is 21.7. The van der Waals surface area contributed by atoms with Crippen LogP contribution in [0.15, 0.2) is 48.5 Å². The Balaban J connectivity index is 1.75. The van der Waals surface area contributed by atoms with E-state index in [0.29, 0.717) is 11.3 Å². The molecule has 198 valence electrons. The van der Waals surface area contributed by atoms with Crippen molar-refractivity contribution in [1.82, 2.24) is 10.6 Å². The van der Waals surface area contributed by atoms with Gasteiger partial charge >= 0.3 is 5.97 Å². The molecule has 0 aliphatic carbocycles. The summed E-state index contributed by atoms with van der Waals surface area (Å²) in [4.78, 5) is 52.2. The van der Waals surface area contributed by atoms with Crippen molar-refractivity contribution >= 4 is 29.4 Å². The highest BCUT2D eigenvalue weighted by molar-refractivity contribution is 6.04. The third-order valence-corrected chi connectivity index (χ3v) is 6.03. The minimum absolute atomic E-state index is 0.117. The lowest BCUT2D eigenvalue weighted by Crippen LogP contribution is -2.55. The molecule has 2 atom stereocenters. The predicted octanol–water partition coefficient (Wildman–Crippen LogP) is 2.93. The lowest BCUT2D eigenvalue weighted by Gasteiger charge is -2.34. The van der Waals surface area contributed by atoms with Gasteiger partial charge in [0, 0.05) is 31.0 Å². The van der Waals surface area contributed by atoms with E-state index in [-0.39, 0.29) is 43.6 Å². The SMILES string of the molecule is COC(=O)CN1C(=O)C(NC(=O)CC(Cc2ccccc2F)NC(=O)CC(C)(C)C)Cc2ccccc21. The standard InChI is InChI=1S/C28H34FN3O5/c1-28(2,3)16-25(34)30-20(13-18-9-5-7-11-21(18)29)15-24(33)31-22-14-19-10-6-8-12-23(19)32(27(22)36)17-26(35)37-4/h5-12,20,22H,13-17H2,1-4H3,(H,30,34)(H,31,33). The van der Waals surface area contributed by atoms with Gasteiger partial charge in [0.25, 0.3) is 0 Å². The Morgan fingerprint density at radius 3 is 2.43 bits per heavy atom. The van der Waals surface area contributed by atoms with Gasteiger partial charge in [0.05, 0.1) is 7.11 Å². The molecule has 0 saturated heterocycles. The van der Waals surface area contributed by atoms with Crippen LogP contribution in [0.2, 0.25) is 0 Å². The fourth-order valence-corrected chi connectivity index (χ4v) is 4.37. The third kappa shape index (κ3) is 7.87. The van der Waals surface area contributed by atoms with Crippen LogP contribution in [-0.4, -0.2) is 49.4 Å². The average Bonchev–Trinajstić information content (AvgIpc) is 2.81. The van der Waals surface area contributed by atoms with Crippen LogP contribution in [0.5, 0.6) is 0 Å². The summed E-state index contributed by atoms with van der Waals surface area (Å²) in [5.41, 5.74) is 1.51. The van der Waals surface area contributed by atoms with Crippen LogP contribution >= 0.6 is 0 Å². The molecule has 3 amide bonds. The number of ether oxygens (including phenoxy) is 1. The van der Waals surface area contributed by atoms with Gasteiger partial charge in [-0.3, -0.25) is 24.1 Å². The molecule has 0 fully saturated rings. The summed E-state index contributed by atoms with van der Waals surface area (Å²) in [7, 11) is 1.24. The van der Waals surface area contributed by atoms with Crippen molar-refractivity contribution in [2.75, 3.05) is 18.6 Å². The second kappa shape index (κ2) is 12.0. The van der Waals surface area contributed by atoms with Crippen molar-refractivity contribution in [1.29, 1.82) is 0 Å². The molecule has 37 heavy (non-hydrogen) atoms. The lowest BCUT2D eigenvalue weighted by molar-refractivity contribution is -0.140. The molecule has 2 aromatic carbocycles. The van der Waals surface area contributed by atoms with Crippen LogP contribution in [-0.2, 0) is 36.8 Å². The Hall–Kier alpha value is -3.75. The average molecular weight is 512 g/mol. The van der Waals surface area contributed by atoms with Gasteiger partial charge in [-0.25, -0.2) is 4.39 Å². The van der Waals surface area contributed by atoms with Crippen molar-refractivity contribution in [2.45, 2.75) is 58.5 Å². The van der Waals surface area contributed by atoms with Gasteiger partial charge in [-0.2, -0.15) is 0 Å². The van der Waals surface area contributed by atoms with E-state index in [1.807, 2.05) is 32.9 Å². The number of para-hydroxylation sites is 1. The van der Waals surface area contributed by atoms with E-state index in [9.17, 15) is 23.6 Å². The molecule has 0 radical (unpaired) electrons. The first kappa shape index (κ1) is 27.8. The number of benzene rings is 2. The van der Waals surface area contributed by atoms with Gasteiger partial charge in [0.15, 0.2) is 0 Å². The normalized spacial score (nSPS) is 16.0. The maximum atomic E-state index is 14.3. The summed E-state index contributed by atoms with van der Waals surface area (Å²) in [6, 6.07) is 11.8. The summed E-state index contributed by atoms with van der Waals surface area (Å²) >= 11 is 0.